The lowest BCUT2D eigenvalue weighted by Gasteiger charge is -2.36. The number of rotatable bonds is 6. The predicted molar refractivity (Wildman–Crippen MR) is 121 cm³/mol. The third-order valence-electron chi connectivity index (χ3n) is 5.80. The molecule has 0 saturated carbocycles. The first-order valence-corrected chi connectivity index (χ1v) is 10.3. The van der Waals surface area contributed by atoms with E-state index < -0.39 is 0 Å². The van der Waals surface area contributed by atoms with Crippen molar-refractivity contribution in [3.63, 3.8) is 0 Å². The number of piperazine rings is 1. The fourth-order valence-electron chi connectivity index (χ4n) is 4.13. The molecule has 2 heterocycles. The molecule has 0 N–H and O–H groups in total. The van der Waals surface area contributed by atoms with E-state index in [1.165, 1.54) is 11.3 Å². The Morgan fingerprint density at radius 3 is 2.45 bits per heavy atom. The molecule has 0 atom stereocenters. The Balaban J connectivity index is 0.00000240. The molecule has 2 aromatic carbocycles. The van der Waals surface area contributed by atoms with Gasteiger partial charge in [0, 0.05) is 57.4 Å². The molecule has 5 nitrogen and oxygen atoms in total. The maximum Gasteiger partial charge on any atom is 0.227 e. The van der Waals surface area contributed by atoms with Crippen molar-refractivity contribution in [3.05, 3.63) is 54.1 Å². The summed E-state index contributed by atoms with van der Waals surface area (Å²) in [4.78, 5) is 18.6. The van der Waals surface area contributed by atoms with E-state index in [1.54, 1.807) is 4.90 Å². The molecular weight excluding hydrogens is 386 g/mol. The van der Waals surface area contributed by atoms with E-state index in [2.05, 4.69) is 40.1 Å². The first kappa shape index (κ1) is 21.5. The SMILES string of the molecule is CN1C(=O)CCc2c(OCCCN3CCN(c4ccccc4)CC3)cccc21.Cl. The minimum atomic E-state index is 0. The zero-order valence-corrected chi connectivity index (χ0v) is 17.9. The second-order valence-electron chi connectivity index (χ2n) is 7.57. The van der Waals surface area contributed by atoms with Gasteiger partial charge in [-0.2, -0.15) is 0 Å². The molecule has 0 bridgehead atoms. The van der Waals surface area contributed by atoms with Crippen LogP contribution in [0.15, 0.2) is 48.5 Å². The quantitative estimate of drug-likeness (QED) is 0.675. The summed E-state index contributed by atoms with van der Waals surface area (Å²) in [6.45, 7) is 6.14. The van der Waals surface area contributed by atoms with E-state index in [0.29, 0.717) is 13.0 Å². The highest BCUT2D eigenvalue weighted by Crippen LogP contribution is 2.33. The number of carbonyl (C=O) groups is 1. The van der Waals surface area contributed by atoms with Crippen LogP contribution in [0.4, 0.5) is 11.4 Å². The van der Waals surface area contributed by atoms with Crippen molar-refractivity contribution in [1.82, 2.24) is 4.90 Å². The van der Waals surface area contributed by atoms with Crippen LogP contribution in [0.3, 0.4) is 0 Å². The normalized spacial score (nSPS) is 16.9. The first-order valence-electron chi connectivity index (χ1n) is 10.3. The van der Waals surface area contributed by atoms with Crippen LogP contribution in [0.5, 0.6) is 5.75 Å². The highest BCUT2D eigenvalue weighted by molar-refractivity contribution is 5.96. The number of para-hydroxylation sites is 1. The average molecular weight is 416 g/mol. The van der Waals surface area contributed by atoms with Crippen molar-refractivity contribution in [2.45, 2.75) is 19.3 Å². The van der Waals surface area contributed by atoms with Crippen LogP contribution in [0.25, 0.3) is 0 Å². The van der Waals surface area contributed by atoms with Gasteiger partial charge in [-0.15, -0.1) is 12.4 Å². The molecular formula is C23H30ClN3O2. The van der Waals surface area contributed by atoms with Crippen LogP contribution in [0.2, 0.25) is 0 Å². The molecule has 1 saturated heterocycles. The lowest BCUT2D eigenvalue weighted by atomic mass is 10.0. The van der Waals surface area contributed by atoms with Gasteiger partial charge in [-0.05, 0) is 37.1 Å². The van der Waals surface area contributed by atoms with Crippen molar-refractivity contribution in [1.29, 1.82) is 0 Å². The van der Waals surface area contributed by atoms with E-state index in [1.807, 2.05) is 25.2 Å². The van der Waals surface area contributed by atoms with Crippen LogP contribution in [0, 0.1) is 0 Å². The minimum absolute atomic E-state index is 0. The van der Waals surface area contributed by atoms with Crippen LogP contribution in [0.1, 0.15) is 18.4 Å². The maximum absolute atomic E-state index is 11.9. The summed E-state index contributed by atoms with van der Waals surface area (Å²) in [6, 6.07) is 16.7. The van der Waals surface area contributed by atoms with Gasteiger partial charge in [0.05, 0.1) is 12.3 Å². The van der Waals surface area contributed by atoms with Gasteiger partial charge in [-0.25, -0.2) is 0 Å². The van der Waals surface area contributed by atoms with Crippen molar-refractivity contribution in [2.24, 2.45) is 0 Å². The van der Waals surface area contributed by atoms with E-state index in [0.717, 1.165) is 57.0 Å². The molecule has 0 radical (unpaired) electrons. The molecule has 2 aromatic rings. The second-order valence-corrected chi connectivity index (χ2v) is 7.57. The summed E-state index contributed by atoms with van der Waals surface area (Å²) in [6.07, 6.45) is 2.36. The fraction of sp³-hybridized carbons (Fsp3) is 0.435. The monoisotopic (exact) mass is 415 g/mol. The number of carbonyl (C=O) groups excluding carboxylic acids is 1. The zero-order chi connectivity index (χ0) is 19.3. The molecule has 156 valence electrons. The Kier molecular flexibility index (Phi) is 7.40. The highest BCUT2D eigenvalue weighted by Gasteiger charge is 2.23. The summed E-state index contributed by atoms with van der Waals surface area (Å²) in [5, 5.41) is 0. The van der Waals surface area contributed by atoms with E-state index in [9.17, 15) is 4.79 Å². The number of nitrogens with zero attached hydrogens (tertiary/aromatic N) is 3. The summed E-state index contributed by atoms with van der Waals surface area (Å²) in [7, 11) is 1.85. The molecule has 0 spiro atoms. The number of hydrogen-bond acceptors (Lipinski definition) is 4. The number of halogens is 1. The van der Waals surface area contributed by atoms with Gasteiger partial charge >= 0.3 is 0 Å². The van der Waals surface area contributed by atoms with Crippen LogP contribution in [-0.4, -0.2) is 57.2 Å². The van der Waals surface area contributed by atoms with Gasteiger partial charge in [-0.3, -0.25) is 9.69 Å². The smallest absolute Gasteiger partial charge is 0.227 e. The van der Waals surface area contributed by atoms with E-state index >= 15 is 0 Å². The Hall–Kier alpha value is -2.24. The lowest BCUT2D eigenvalue weighted by molar-refractivity contribution is -0.118. The lowest BCUT2D eigenvalue weighted by Crippen LogP contribution is -2.46. The average Bonchev–Trinajstić information content (AvgIpc) is 2.75. The fourth-order valence-corrected chi connectivity index (χ4v) is 4.13. The van der Waals surface area contributed by atoms with Crippen LogP contribution >= 0.6 is 12.4 Å². The summed E-state index contributed by atoms with van der Waals surface area (Å²) in [5.74, 6) is 1.12. The number of anilines is 2. The summed E-state index contributed by atoms with van der Waals surface area (Å²) < 4.78 is 6.09. The Morgan fingerprint density at radius 1 is 0.931 bits per heavy atom. The molecule has 2 aliphatic rings. The van der Waals surface area contributed by atoms with Gasteiger partial charge in [-0.1, -0.05) is 24.3 Å². The van der Waals surface area contributed by atoms with Crippen LogP contribution < -0.4 is 14.5 Å². The number of hydrogen-bond donors (Lipinski definition) is 0. The number of fused-ring (bicyclic) bond motifs is 1. The number of benzene rings is 2. The molecule has 6 heteroatoms. The van der Waals surface area contributed by atoms with Gasteiger partial charge in [0.1, 0.15) is 5.75 Å². The molecule has 4 rings (SSSR count). The largest absolute Gasteiger partial charge is 0.493 e. The van der Waals surface area contributed by atoms with Crippen molar-refractivity contribution in [2.75, 3.05) is 56.2 Å². The Bertz CT molecular complexity index is 807. The molecule has 29 heavy (non-hydrogen) atoms. The minimum Gasteiger partial charge on any atom is -0.493 e. The number of ether oxygens (including phenoxy) is 1. The number of amides is 1. The molecule has 0 unspecified atom stereocenters. The van der Waals surface area contributed by atoms with Gasteiger partial charge in [0.15, 0.2) is 0 Å². The topological polar surface area (TPSA) is 36.0 Å². The molecule has 0 aromatic heterocycles. The van der Waals surface area contributed by atoms with Crippen molar-refractivity contribution >= 4 is 29.7 Å². The van der Waals surface area contributed by atoms with E-state index in [4.69, 9.17) is 4.74 Å². The Morgan fingerprint density at radius 2 is 1.69 bits per heavy atom. The first-order chi connectivity index (χ1) is 13.7. The second kappa shape index (κ2) is 9.99. The third kappa shape index (κ3) is 5.03. The van der Waals surface area contributed by atoms with Gasteiger partial charge in [0.2, 0.25) is 5.91 Å². The maximum atomic E-state index is 11.9. The van der Waals surface area contributed by atoms with E-state index in [-0.39, 0.29) is 18.3 Å². The predicted octanol–water partition coefficient (Wildman–Crippen LogP) is 3.61. The van der Waals surface area contributed by atoms with Crippen molar-refractivity contribution in [3.8, 4) is 5.75 Å². The summed E-state index contributed by atoms with van der Waals surface area (Å²) in [5.41, 5.74) is 3.48. The third-order valence-corrected chi connectivity index (χ3v) is 5.80. The van der Waals surface area contributed by atoms with Crippen molar-refractivity contribution < 1.29 is 9.53 Å². The molecule has 1 amide bonds. The standard InChI is InChI=1S/C23H29N3O2.ClH/c1-24-21-9-5-10-22(20(21)11-12-23(24)27)28-18-6-13-25-14-16-26(17-15-25)19-7-3-2-4-8-19;/h2-5,7-10H,6,11-18H2,1H3;1H. The summed E-state index contributed by atoms with van der Waals surface area (Å²) >= 11 is 0. The molecule has 2 aliphatic heterocycles. The van der Waals surface area contributed by atoms with Crippen LogP contribution in [-0.2, 0) is 11.2 Å². The Labute approximate surface area is 179 Å². The molecule has 0 aliphatic carbocycles. The highest BCUT2D eigenvalue weighted by atomic mass is 35.5. The van der Waals surface area contributed by atoms with Gasteiger partial charge < -0.3 is 14.5 Å². The zero-order valence-electron chi connectivity index (χ0n) is 17.0. The van der Waals surface area contributed by atoms with Gasteiger partial charge in [0.25, 0.3) is 0 Å². The molecule has 1 fully saturated rings.